The fourth-order valence-corrected chi connectivity index (χ4v) is 2.84. The molecule has 1 heterocycles. The lowest BCUT2D eigenvalue weighted by Gasteiger charge is -2.25. The lowest BCUT2D eigenvalue weighted by atomic mass is 10.0. The molecule has 5 nitrogen and oxygen atoms in total. The summed E-state index contributed by atoms with van der Waals surface area (Å²) in [6, 6.07) is 9.77. The summed E-state index contributed by atoms with van der Waals surface area (Å²) < 4.78 is 7.39. The predicted molar refractivity (Wildman–Crippen MR) is 100 cm³/mol. The Bertz CT molecular complexity index is 663. The van der Waals surface area contributed by atoms with Crippen LogP contribution in [0.15, 0.2) is 36.5 Å². The molecule has 1 aromatic carbocycles. The average molecular weight is 343 g/mol. The predicted octanol–water partition coefficient (Wildman–Crippen LogP) is 4.17. The Morgan fingerprint density at radius 1 is 1.16 bits per heavy atom. The van der Waals surface area contributed by atoms with Gasteiger partial charge in [-0.15, -0.1) is 0 Å². The Hall–Kier alpha value is -2.30. The SMILES string of the molecule is CCOc1cn(-c2ccccc2)nc1C(=O)N(CC)CC(CC)CC. The van der Waals surface area contributed by atoms with Gasteiger partial charge in [-0.2, -0.15) is 5.10 Å². The number of hydrogen-bond donors (Lipinski definition) is 0. The molecule has 0 radical (unpaired) electrons. The van der Waals surface area contributed by atoms with Gasteiger partial charge in [-0.1, -0.05) is 44.9 Å². The molecule has 0 aliphatic heterocycles. The van der Waals surface area contributed by atoms with E-state index >= 15 is 0 Å². The van der Waals surface area contributed by atoms with Gasteiger partial charge < -0.3 is 9.64 Å². The molecule has 0 fully saturated rings. The Morgan fingerprint density at radius 2 is 1.84 bits per heavy atom. The number of ether oxygens (including phenoxy) is 1. The first-order chi connectivity index (χ1) is 12.1. The molecular weight excluding hydrogens is 314 g/mol. The fourth-order valence-electron chi connectivity index (χ4n) is 2.84. The summed E-state index contributed by atoms with van der Waals surface area (Å²) in [4.78, 5) is 14.9. The second-order valence-electron chi connectivity index (χ2n) is 6.08. The van der Waals surface area contributed by atoms with Gasteiger partial charge in [-0.25, -0.2) is 4.68 Å². The van der Waals surface area contributed by atoms with E-state index in [-0.39, 0.29) is 5.91 Å². The molecule has 5 heteroatoms. The summed E-state index contributed by atoms with van der Waals surface area (Å²) in [7, 11) is 0. The van der Waals surface area contributed by atoms with E-state index in [1.54, 1.807) is 10.9 Å². The van der Waals surface area contributed by atoms with Crippen LogP contribution in [0.25, 0.3) is 5.69 Å². The third-order valence-electron chi connectivity index (χ3n) is 4.51. The van der Waals surface area contributed by atoms with Gasteiger partial charge in [0.2, 0.25) is 0 Å². The summed E-state index contributed by atoms with van der Waals surface area (Å²) in [5, 5.41) is 4.53. The number of carbonyl (C=O) groups is 1. The standard InChI is InChI=1S/C20H29N3O2/c1-5-16(6-2)14-22(7-3)20(24)19-18(25-8-4)15-23(21-19)17-12-10-9-11-13-17/h9-13,15-16H,5-8,14H2,1-4H3. The van der Waals surface area contributed by atoms with Crippen molar-refractivity contribution in [2.24, 2.45) is 5.92 Å². The largest absolute Gasteiger partial charge is 0.490 e. The lowest BCUT2D eigenvalue weighted by Crippen LogP contribution is -2.35. The van der Waals surface area contributed by atoms with Crippen LogP contribution in [0.2, 0.25) is 0 Å². The van der Waals surface area contributed by atoms with Crippen LogP contribution < -0.4 is 4.74 Å². The minimum atomic E-state index is -0.0625. The van der Waals surface area contributed by atoms with Crippen LogP contribution in [-0.4, -0.2) is 40.3 Å². The molecule has 136 valence electrons. The van der Waals surface area contributed by atoms with Crippen molar-refractivity contribution >= 4 is 5.91 Å². The number of carbonyl (C=O) groups excluding carboxylic acids is 1. The minimum Gasteiger partial charge on any atom is -0.490 e. The van der Waals surface area contributed by atoms with Crippen molar-refractivity contribution in [3.63, 3.8) is 0 Å². The van der Waals surface area contributed by atoms with Crippen LogP contribution in [0.4, 0.5) is 0 Å². The molecule has 0 N–H and O–H groups in total. The summed E-state index contributed by atoms with van der Waals surface area (Å²) in [5.41, 5.74) is 1.30. The van der Waals surface area contributed by atoms with Gasteiger partial charge in [-0.05, 0) is 31.9 Å². The van der Waals surface area contributed by atoms with Gasteiger partial charge >= 0.3 is 0 Å². The molecule has 0 spiro atoms. The zero-order valence-electron chi connectivity index (χ0n) is 15.7. The monoisotopic (exact) mass is 343 g/mol. The first-order valence-corrected chi connectivity index (χ1v) is 9.21. The molecule has 1 aromatic heterocycles. The molecule has 0 saturated carbocycles. The molecule has 0 unspecified atom stereocenters. The van der Waals surface area contributed by atoms with Crippen molar-refractivity contribution < 1.29 is 9.53 Å². The van der Waals surface area contributed by atoms with Crippen LogP contribution in [-0.2, 0) is 0 Å². The highest BCUT2D eigenvalue weighted by molar-refractivity contribution is 5.95. The quantitative estimate of drug-likeness (QED) is 0.686. The lowest BCUT2D eigenvalue weighted by molar-refractivity contribution is 0.0724. The third kappa shape index (κ3) is 4.62. The first kappa shape index (κ1) is 19.0. The summed E-state index contributed by atoms with van der Waals surface area (Å²) in [6.45, 7) is 10.2. The van der Waals surface area contributed by atoms with E-state index < -0.39 is 0 Å². The number of para-hydroxylation sites is 1. The van der Waals surface area contributed by atoms with Crippen molar-refractivity contribution in [3.8, 4) is 11.4 Å². The smallest absolute Gasteiger partial charge is 0.278 e. The van der Waals surface area contributed by atoms with E-state index in [9.17, 15) is 4.79 Å². The Labute approximate surface area is 150 Å². The maximum Gasteiger partial charge on any atom is 0.278 e. The van der Waals surface area contributed by atoms with E-state index in [0.717, 1.165) is 25.1 Å². The molecule has 0 bridgehead atoms. The molecule has 0 atom stereocenters. The van der Waals surface area contributed by atoms with Crippen LogP contribution in [0, 0.1) is 5.92 Å². The van der Waals surface area contributed by atoms with Crippen LogP contribution in [0.3, 0.4) is 0 Å². The molecule has 25 heavy (non-hydrogen) atoms. The van der Waals surface area contributed by atoms with Gasteiger partial charge in [0.1, 0.15) is 0 Å². The van der Waals surface area contributed by atoms with Gasteiger partial charge in [-0.3, -0.25) is 4.79 Å². The molecular formula is C20H29N3O2. The highest BCUT2D eigenvalue weighted by Crippen LogP contribution is 2.22. The number of rotatable bonds is 9. The number of hydrogen-bond acceptors (Lipinski definition) is 3. The fraction of sp³-hybridized carbons (Fsp3) is 0.500. The van der Waals surface area contributed by atoms with Gasteiger partial charge in [0.15, 0.2) is 11.4 Å². The summed E-state index contributed by atoms with van der Waals surface area (Å²) >= 11 is 0. The number of nitrogens with zero attached hydrogens (tertiary/aromatic N) is 3. The molecule has 0 aliphatic carbocycles. The normalized spacial score (nSPS) is 10.9. The molecule has 0 aliphatic rings. The Kier molecular flexibility index (Phi) is 7.04. The van der Waals surface area contributed by atoms with E-state index in [2.05, 4.69) is 18.9 Å². The highest BCUT2D eigenvalue weighted by Gasteiger charge is 2.24. The minimum absolute atomic E-state index is 0.0625. The maximum atomic E-state index is 13.1. The van der Waals surface area contributed by atoms with Crippen molar-refractivity contribution in [2.45, 2.75) is 40.5 Å². The van der Waals surface area contributed by atoms with Crippen LogP contribution in [0.5, 0.6) is 5.75 Å². The van der Waals surface area contributed by atoms with Crippen molar-refractivity contribution in [3.05, 3.63) is 42.2 Å². The number of amides is 1. The zero-order valence-corrected chi connectivity index (χ0v) is 15.7. The van der Waals surface area contributed by atoms with Crippen molar-refractivity contribution in [2.75, 3.05) is 19.7 Å². The van der Waals surface area contributed by atoms with E-state index in [1.807, 2.05) is 49.1 Å². The van der Waals surface area contributed by atoms with Crippen molar-refractivity contribution in [1.82, 2.24) is 14.7 Å². The maximum absolute atomic E-state index is 13.1. The Morgan fingerprint density at radius 3 is 2.40 bits per heavy atom. The van der Waals surface area contributed by atoms with Crippen molar-refractivity contribution in [1.29, 1.82) is 0 Å². The summed E-state index contributed by atoms with van der Waals surface area (Å²) in [6.07, 6.45) is 3.92. The molecule has 2 rings (SSSR count). The van der Waals surface area contributed by atoms with Crippen LogP contribution >= 0.6 is 0 Å². The second kappa shape index (κ2) is 9.25. The van der Waals surface area contributed by atoms with E-state index in [4.69, 9.17) is 4.74 Å². The second-order valence-corrected chi connectivity index (χ2v) is 6.08. The van der Waals surface area contributed by atoms with E-state index in [1.165, 1.54) is 0 Å². The van der Waals surface area contributed by atoms with Gasteiger partial charge in [0, 0.05) is 13.1 Å². The van der Waals surface area contributed by atoms with E-state index in [0.29, 0.717) is 30.5 Å². The third-order valence-corrected chi connectivity index (χ3v) is 4.51. The average Bonchev–Trinajstić information content (AvgIpc) is 3.07. The molecule has 2 aromatic rings. The topological polar surface area (TPSA) is 47.4 Å². The molecule has 0 saturated heterocycles. The van der Waals surface area contributed by atoms with Gasteiger partial charge in [0.05, 0.1) is 18.5 Å². The summed E-state index contributed by atoms with van der Waals surface area (Å²) in [5.74, 6) is 0.988. The Balaban J connectivity index is 2.32. The zero-order chi connectivity index (χ0) is 18.2. The number of aromatic nitrogens is 2. The first-order valence-electron chi connectivity index (χ1n) is 9.21. The van der Waals surface area contributed by atoms with Crippen LogP contribution in [0.1, 0.15) is 51.0 Å². The molecule has 1 amide bonds. The number of benzene rings is 1. The highest BCUT2D eigenvalue weighted by atomic mass is 16.5. The van der Waals surface area contributed by atoms with Gasteiger partial charge in [0.25, 0.3) is 5.91 Å².